The number of para-hydroxylation sites is 1. The van der Waals surface area contributed by atoms with Crippen molar-refractivity contribution in [3.63, 3.8) is 0 Å². The van der Waals surface area contributed by atoms with E-state index in [0.29, 0.717) is 37.6 Å². The minimum absolute atomic E-state index is 0.0678. The van der Waals surface area contributed by atoms with Gasteiger partial charge in [-0.15, -0.1) is 0 Å². The van der Waals surface area contributed by atoms with Crippen molar-refractivity contribution in [3.8, 4) is 11.5 Å². The topological polar surface area (TPSA) is 82.8 Å². The fourth-order valence-corrected chi connectivity index (χ4v) is 1.72. The molecule has 1 aromatic rings. The van der Waals surface area contributed by atoms with Crippen molar-refractivity contribution in [1.29, 1.82) is 0 Å². The van der Waals surface area contributed by atoms with Crippen LogP contribution in [0.1, 0.15) is 5.56 Å². The summed E-state index contributed by atoms with van der Waals surface area (Å²) in [5, 5.41) is 2.69. The quantitative estimate of drug-likeness (QED) is 0.638. The SMILES string of the molecule is COCCNC(=O)COc1c(CCN)cccc1OC. The van der Waals surface area contributed by atoms with Crippen LogP contribution < -0.4 is 20.5 Å². The predicted octanol–water partition coefficient (Wildman–Crippen LogP) is 0.338. The molecule has 0 fully saturated rings. The molecule has 6 nitrogen and oxygen atoms in total. The second kappa shape index (κ2) is 9.17. The van der Waals surface area contributed by atoms with Crippen LogP contribution in [0.5, 0.6) is 11.5 Å². The molecule has 1 amide bonds. The molecule has 0 bridgehead atoms. The zero-order chi connectivity index (χ0) is 14.8. The van der Waals surface area contributed by atoms with Gasteiger partial charge in [0.25, 0.3) is 5.91 Å². The van der Waals surface area contributed by atoms with Crippen LogP contribution in [0.25, 0.3) is 0 Å². The van der Waals surface area contributed by atoms with Crippen LogP contribution in [0.4, 0.5) is 0 Å². The van der Waals surface area contributed by atoms with Crippen molar-refractivity contribution in [2.75, 3.05) is 40.5 Å². The molecule has 0 unspecified atom stereocenters. The van der Waals surface area contributed by atoms with Crippen LogP contribution in [0.15, 0.2) is 18.2 Å². The highest BCUT2D eigenvalue weighted by Gasteiger charge is 2.11. The molecule has 6 heteroatoms. The van der Waals surface area contributed by atoms with E-state index < -0.39 is 0 Å². The molecule has 1 rings (SSSR count). The van der Waals surface area contributed by atoms with Crippen LogP contribution in [-0.4, -0.2) is 46.4 Å². The van der Waals surface area contributed by atoms with Gasteiger partial charge in [-0.2, -0.15) is 0 Å². The number of carbonyl (C=O) groups excluding carboxylic acids is 1. The number of benzene rings is 1. The van der Waals surface area contributed by atoms with Gasteiger partial charge in [0.1, 0.15) is 0 Å². The standard InChI is InChI=1S/C14H22N2O4/c1-18-9-8-16-13(17)10-20-14-11(6-7-15)4-3-5-12(14)19-2/h3-5H,6-10,15H2,1-2H3,(H,16,17). The van der Waals surface area contributed by atoms with Crippen LogP contribution in [0.2, 0.25) is 0 Å². The Balaban J connectivity index is 2.63. The van der Waals surface area contributed by atoms with E-state index in [2.05, 4.69) is 5.32 Å². The van der Waals surface area contributed by atoms with Crippen LogP contribution in [0.3, 0.4) is 0 Å². The Labute approximate surface area is 119 Å². The van der Waals surface area contributed by atoms with Gasteiger partial charge in [0.2, 0.25) is 0 Å². The highest BCUT2D eigenvalue weighted by atomic mass is 16.5. The van der Waals surface area contributed by atoms with Crippen molar-refractivity contribution in [2.45, 2.75) is 6.42 Å². The van der Waals surface area contributed by atoms with E-state index in [4.69, 9.17) is 19.9 Å². The van der Waals surface area contributed by atoms with Gasteiger partial charge >= 0.3 is 0 Å². The van der Waals surface area contributed by atoms with Crippen molar-refractivity contribution in [3.05, 3.63) is 23.8 Å². The van der Waals surface area contributed by atoms with Crippen LogP contribution in [-0.2, 0) is 16.0 Å². The Kier molecular flexibility index (Phi) is 7.46. The highest BCUT2D eigenvalue weighted by Crippen LogP contribution is 2.31. The molecule has 3 N–H and O–H groups in total. The van der Waals surface area contributed by atoms with Crippen LogP contribution >= 0.6 is 0 Å². The second-order valence-electron chi connectivity index (χ2n) is 4.12. The summed E-state index contributed by atoms with van der Waals surface area (Å²) in [6.07, 6.45) is 0.665. The molecule has 20 heavy (non-hydrogen) atoms. The predicted molar refractivity (Wildman–Crippen MR) is 76.1 cm³/mol. The van der Waals surface area contributed by atoms with E-state index in [1.54, 1.807) is 20.3 Å². The van der Waals surface area contributed by atoms with E-state index in [9.17, 15) is 4.79 Å². The number of nitrogens with two attached hydrogens (primary N) is 1. The summed E-state index contributed by atoms with van der Waals surface area (Å²) in [5.74, 6) is 0.967. The summed E-state index contributed by atoms with van der Waals surface area (Å²) in [4.78, 5) is 11.6. The molecule has 0 aromatic heterocycles. The molecule has 0 heterocycles. The maximum atomic E-state index is 11.6. The van der Waals surface area contributed by atoms with E-state index in [0.717, 1.165) is 5.56 Å². The average molecular weight is 282 g/mol. The maximum absolute atomic E-state index is 11.6. The second-order valence-corrected chi connectivity index (χ2v) is 4.12. The molecule has 0 aliphatic heterocycles. The Morgan fingerprint density at radius 2 is 2.15 bits per heavy atom. The van der Waals surface area contributed by atoms with Gasteiger partial charge in [0, 0.05) is 13.7 Å². The van der Waals surface area contributed by atoms with E-state index in [1.165, 1.54) is 0 Å². The first-order valence-corrected chi connectivity index (χ1v) is 6.47. The number of nitrogens with one attached hydrogen (secondary N) is 1. The summed E-state index contributed by atoms with van der Waals surface area (Å²) in [6.45, 7) is 1.37. The fourth-order valence-electron chi connectivity index (χ4n) is 1.72. The number of amides is 1. The lowest BCUT2D eigenvalue weighted by molar-refractivity contribution is -0.123. The van der Waals surface area contributed by atoms with Gasteiger partial charge in [0.15, 0.2) is 18.1 Å². The normalized spacial score (nSPS) is 10.2. The third-order valence-electron chi connectivity index (χ3n) is 2.67. The number of hydrogen-bond acceptors (Lipinski definition) is 5. The first kappa shape index (κ1) is 16.3. The summed E-state index contributed by atoms with van der Waals surface area (Å²) < 4.78 is 15.7. The summed E-state index contributed by atoms with van der Waals surface area (Å²) in [6, 6.07) is 5.57. The maximum Gasteiger partial charge on any atom is 0.258 e. The first-order chi connectivity index (χ1) is 9.72. The lowest BCUT2D eigenvalue weighted by Crippen LogP contribution is -2.31. The van der Waals surface area contributed by atoms with Gasteiger partial charge in [-0.25, -0.2) is 0 Å². The molecule has 112 valence electrons. The average Bonchev–Trinajstić information content (AvgIpc) is 2.46. The highest BCUT2D eigenvalue weighted by molar-refractivity contribution is 5.77. The Morgan fingerprint density at radius 1 is 1.35 bits per heavy atom. The monoisotopic (exact) mass is 282 g/mol. The molecule has 0 radical (unpaired) electrons. The third kappa shape index (κ3) is 5.07. The van der Waals surface area contributed by atoms with Gasteiger partial charge in [0.05, 0.1) is 13.7 Å². The molecular formula is C14H22N2O4. The van der Waals surface area contributed by atoms with Crippen molar-refractivity contribution in [1.82, 2.24) is 5.32 Å². The number of hydrogen-bond donors (Lipinski definition) is 2. The van der Waals surface area contributed by atoms with E-state index in [-0.39, 0.29) is 12.5 Å². The van der Waals surface area contributed by atoms with Crippen molar-refractivity contribution >= 4 is 5.91 Å². The third-order valence-corrected chi connectivity index (χ3v) is 2.67. The summed E-state index contributed by atoms with van der Waals surface area (Å²) >= 11 is 0. The molecule has 0 aliphatic carbocycles. The largest absolute Gasteiger partial charge is 0.493 e. The van der Waals surface area contributed by atoms with Gasteiger partial charge in [-0.1, -0.05) is 12.1 Å². The van der Waals surface area contributed by atoms with E-state index >= 15 is 0 Å². The Bertz CT molecular complexity index is 424. The molecule has 0 atom stereocenters. The molecule has 0 saturated carbocycles. The zero-order valence-corrected chi connectivity index (χ0v) is 12.0. The number of rotatable bonds is 9. The van der Waals surface area contributed by atoms with Crippen LogP contribution in [0, 0.1) is 0 Å². The lowest BCUT2D eigenvalue weighted by Gasteiger charge is -2.14. The minimum Gasteiger partial charge on any atom is -0.493 e. The molecule has 1 aromatic carbocycles. The zero-order valence-electron chi connectivity index (χ0n) is 12.0. The minimum atomic E-state index is -0.202. The van der Waals surface area contributed by atoms with E-state index in [1.807, 2.05) is 12.1 Å². The molecule has 0 aliphatic rings. The Hall–Kier alpha value is -1.79. The number of methoxy groups -OCH3 is 2. The Morgan fingerprint density at radius 3 is 2.80 bits per heavy atom. The van der Waals surface area contributed by atoms with Gasteiger partial charge in [-0.3, -0.25) is 4.79 Å². The lowest BCUT2D eigenvalue weighted by atomic mass is 10.1. The summed E-state index contributed by atoms with van der Waals surface area (Å²) in [7, 11) is 3.14. The fraction of sp³-hybridized carbons (Fsp3) is 0.500. The molecular weight excluding hydrogens is 260 g/mol. The molecule has 0 saturated heterocycles. The van der Waals surface area contributed by atoms with Gasteiger partial charge < -0.3 is 25.3 Å². The molecule has 0 spiro atoms. The smallest absolute Gasteiger partial charge is 0.258 e. The van der Waals surface area contributed by atoms with Crippen molar-refractivity contribution < 1.29 is 19.0 Å². The number of ether oxygens (including phenoxy) is 3. The first-order valence-electron chi connectivity index (χ1n) is 6.47. The summed E-state index contributed by atoms with van der Waals surface area (Å²) in [5.41, 5.74) is 6.50. The van der Waals surface area contributed by atoms with Gasteiger partial charge in [-0.05, 0) is 24.6 Å². The van der Waals surface area contributed by atoms with Crippen molar-refractivity contribution in [2.24, 2.45) is 5.73 Å². The number of carbonyl (C=O) groups is 1.